The molecule has 2 aromatic heterocycles. The lowest BCUT2D eigenvalue weighted by Crippen LogP contribution is -2.09. The molecule has 0 aliphatic carbocycles. The summed E-state index contributed by atoms with van der Waals surface area (Å²) in [4.78, 5) is 12.0. The Labute approximate surface area is 143 Å². The zero-order valence-electron chi connectivity index (χ0n) is 13.3. The van der Waals surface area contributed by atoms with E-state index in [1.54, 1.807) is 18.4 Å². The maximum absolute atomic E-state index is 12.2. The molecule has 134 valence electrons. The first kappa shape index (κ1) is 19.0. The minimum absolute atomic E-state index is 0.0415. The summed E-state index contributed by atoms with van der Waals surface area (Å²) in [6.45, 7) is 3.97. The van der Waals surface area contributed by atoms with Crippen molar-refractivity contribution in [3.63, 3.8) is 0 Å². The number of anilines is 1. The molecule has 0 unspecified atom stereocenters. The van der Waals surface area contributed by atoms with Crippen molar-refractivity contribution >= 4 is 36.3 Å². The van der Waals surface area contributed by atoms with Gasteiger partial charge in [0.15, 0.2) is 17.1 Å². The molecule has 10 nitrogen and oxygen atoms in total. The van der Waals surface area contributed by atoms with Crippen LogP contribution < -0.4 is 5.73 Å². The molecule has 2 heterocycles. The summed E-state index contributed by atoms with van der Waals surface area (Å²) in [5, 5.41) is 0.168. The van der Waals surface area contributed by atoms with E-state index in [1.165, 1.54) is 6.33 Å². The predicted molar refractivity (Wildman–Crippen MR) is 87.5 cm³/mol. The number of rotatable bonds is 10. The summed E-state index contributed by atoms with van der Waals surface area (Å²) in [7, 11) is -3.25. The molecule has 12 heteroatoms. The molecular formula is C12H19ClN5O5P. The molecular weight excluding hydrogens is 361 g/mol. The van der Waals surface area contributed by atoms with Gasteiger partial charge in [0, 0.05) is 0 Å². The molecule has 2 N–H and O–H groups in total. The van der Waals surface area contributed by atoms with Crippen molar-refractivity contribution in [2.75, 3.05) is 32.1 Å². The Morgan fingerprint density at radius 3 is 2.62 bits per heavy atom. The minimum Gasteiger partial charge on any atom is -0.368 e. The van der Waals surface area contributed by atoms with Crippen LogP contribution >= 0.6 is 19.2 Å². The monoisotopic (exact) mass is 379 g/mol. The Morgan fingerprint density at radius 1 is 1.25 bits per heavy atom. The van der Waals surface area contributed by atoms with Gasteiger partial charge in [0.25, 0.3) is 0 Å². The molecule has 0 aromatic carbocycles. The second-order valence-corrected chi connectivity index (χ2v) is 6.84. The van der Waals surface area contributed by atoms with Crippen molar-refractivity contribution in [1.29, 1.82) is 0 Å². The van der Waals surface area contributed by atoms with Crippen LogP contribution in [0.1, 0.15) is 13.8 Å². The second-order valence-electron chi connectivity index (χ2n) is 4.49. The molecule has 0 radical (unpaired) electrons. The smallest absolute Gasteiger partial charge is 0.356 e. The van der Waals surface area contributed by atoms with Gasteiger partial charge in [-0.05, 0) is 13.8 Å². The van der Waals surface area contributed by atoms with Gasteiger partial charge in [0.05, 0.1) is 19.5 Å². The Balaban J connectivity index is 1.86. The van der Waals surface area contributed by atoms with Crippen LogP contribution in [0, 0.1) is 0 Å². The molecule has 0 atom stereocenters. The van der Waals surface area contributed by atoms with Gasteiger partial charge < -0.3 is 24.3 Å². The number of hydrogen-bond donors (Lipinski definition) is 1. The van der Waals surface area contributed by atoms with Gasteiger partial charge >= 0.3 is 7.60 Å². The lowest BCUT2D eigenvalue weighted by Gasteiger charge is -2.16. The van der Waals surface area contributed by atoms with Crippen molar-refractivity contribution in [3.05, 3.63) is 11.5 Å². The SMILES string of the molecule is CCOP(=O)(COCOCn1cnc2c(Cl)nc(N)nc21)OCC. The first-order valence-electron chi connectivity index (χ1n) is 7.16. The molecule has 2 aromatic rings. The Bertz CT molecular complexity index is 717. The molecule has 0 fully saturated rings. The fourth-order valence-electron chi connectivity index (χ4n) is 1.87. The van der Waals surface area contributed by atoms with Gasteiger partial charge in [0.1, 0.15) is 19.0 Å². The van der Waals surface area contributed by atoms with Crippen molar-refractivity contribution in [3.8, 4) is 0 Å². The van der Waals surface area contributed by atoms with E-state index in [0.29, 0.717) is 11.2 Å². The summed E-state index contributed by atoms with van der Waals surface area (Å²) < 4.78 is 34.5. The summed E-state index contributed by atoms with van der Waals surface area (Å²) in [5.41, 5.74) is 6.43. The van der Waals surface area contributed by atoms with E-state index in [-0.39, 0.29) is 44.2 Å². The number of ether oxygens (including phenoxy) is 2. The second kappa shape index (κ2) is 8.70. The van der Waals surface area contributed by atoms with E-state index in [9.17, 15) is 4.57 Å². The van der Waals surface area contributed by atoms with Gasteiger partial charge in [-0.1, -0.05) is 11.6 Å². The first-order chi connectivity index (χ1) is 11.5. The summed E-state index contributed by atoms with van der Waals surface area (Å²) >= 11 is 5.94. The van der Waals surface area contributed by atoms with E-state index in [2.05, 4.69) is 15.0 Å². The number of imidazole rings is 1. The third-order valence-corrected chi connectivity index (χ3v) is 4.80. The molecule has 0 spiro atoms. The van der Waals surface area contributed by atoms with Crippen LogP contribution in [0.15, 0.2) is 6.33 Å². The standard InChI is InChI=1S/C12H19ClN5O5P/c1-3-22-24(19,23-4-2)8-21-7-20-6-18-5-15-9-10(13)16-12(14)17-11(9)18/h5H,3-4,6-8H2,1-2H3,(H2,14,16,17). The predicted octanol–water partition coefficient (Wildman–Crippen LogP) is 2.23. The highest BCUT2D eigenvalue weighted by Crippen LogP contribution is 2.47. The Kier molecular flexibility index (Phi) is 6.90. The largest absolute Gasteiger partial charge is 0.368 e. The van der Waals surface area contributed by atoms with Crippen LogP contribution in [0.4, 0.5) is 5.95 Å². The topological polar surface area (TPSA) is 124 Å². The number of halogens is 1. The van der Waals surface area contributed by atoms with Gasteiger partial charge in [0.2, 0.25) is 5.95 Å². The van der Waals surface area contributed by atoms with E-state index in [1.807, 2.05) is 0 Å². The maximum Gasteiger partial charge on any atom is 0.356 e. The zero-order chi connectivity index (χ0) is 17.6. The van der Waals surface area contributed by atoms with Crippen molar-refractivity contribution < 1.29 is 23.1 Å². The highest BCUT2D eigenvalue weighted by molar-refractivity contribution is 7.53. The highest BCUT2D eigenvalue weighted by atomic mass is 35.5. The third kappa shape index (κ3) is 4.85. The number of hydrogen-bond acceptors (Lipinski definition) is 9. The molecule has 0 aliphatic rings. The summed E-state index contributed by atoms with van der Waals surface area (Å²) in [5.74, 6) is 0.0415. The summed E-state index contributed by atoms with van der Waals surface area (Å²) in [6.07, 6.45) is 1.30. The molecule has 24 heavy (non-hydrogen) atoms. The first-order valence-corrected chi connectivity index (χ1v) is 9.27. The lowest BCUT2D eigenvalue weighted by atomic mass is 10.5. The number of aromatic nitrogens is 4. The molecule has 0 amide bonds. The molecule has 2 rings (SSSR count). The average molecular weight is 380 g/mol. The lowest BCUT2D eigenvalue weighted by molar-refractivity contribution is -0.0689. The quantitative estimate of drug-likeness (QED) is 0.286. The van der Waals surface area contributed by atoms with E-state index >= 15 is 0 Å². The van der Waals surface area contributed by atoms with Crippen LogP contribution in [-0.4, -0.2) is 45.9 Å². The van der Waals surface area contributed by atoms with Gasteiger partial charge in [-0.25, -0.2) is 4.98 Å². The summed E-state index contributed by atoms with van der Waals surface area (Å²) in [6, 6.07) is 0. The Morgan fingerprint density at radius 2 is 1.96 bits per heavy atom. The fourth-order valence-corrected chi connectivity index (χ4v) is 3.40. The zero-order valence-corrected chi connectivity index (χ0v) is 15.0. The number of fused-ring (bicyclic) bond motifs is 1. The fraction of sp³-hybridized carbons (Fsp3) is 0.583. The molecule has 0 aliphatic heterocycles. The van der Waals surface area contributed by atoms with Gasteiger partial charge in [-0.15, -0.1) is 0 Å². The highest BCUT2D eigenvalue weighted by Gasteiger charge is 2.23. The van der Waals surface area contributed by atoms with Crippen molar-refractivity contribution in [1.82, 2.24) is 19.5 Å². The molecule has 0 saturated heterocycles. The average Bonchev–Trinajstić information content (AvgIpc) is 2.91. The van der Waals surface area contributed by atoms with Gasteiger partial charge in [-0.3, -0.25) is 9.13 Å². The van der Waals surface area contributed by atoms with Crippen molar-refractivity contribution in [2.24, 2.45) is 0 Å². The van der Waals surface area contributed by atoms with Crippen LogP contribution in [0.25, 0.3) is 11.2 Å². The van der Waals surface area contributed by atoms with Gasteiger partial charge in [-0.2, -0.15) is 9.97 Å². The van der Waals surface area contributed by atoms with E-state index in [4.69, 9.17) is 35.9 Å². The molecule has 0 saturated carbocycles. The Hall–Kier alpha value is -1.29. The number of nitrogens with two attached hydrogens (primary N) is 1. The number of nitrogen functional groups attached to an aromatic ring is 1. The van der Waals surface area contributed by atoms with Crippen LogP contribution in [0.3, 0.4) is 0 Å². The van der Waals surface area contributed by atoms with Crippen LogP contribution in [0.2, 0.25) is 5.15 Å². The third-order valence-electron chi connectivity index (χ3n) is 2.74. The van der Waals surface area contributed by atoms with Crippen molar-refractivity contribution in [2.45, 2.75) is 20.6 Å². The molecule has 0 bridgehead atoms. The van der Waals surface area contributed by atoms with E-state index < -0.39 is 7.60 Å². The van der Waals surface area contributed by atoms with E-state index in [0.717, 1.165) is 0 Å². The maximum atomic E-state index is 12.2. The number of nitrogens with zero attached hydrogens (tertiary/aromatic N) is 4. The van der Waals surface area contributed by atoms with Crippen LogP contribution in [0.5, 0.6) is 0 Å². The normalized spacial score (nSPS) is 12.1. The minimum atomic E-state index is -3.25. The van der Waals surface area contributed by atoms with Crippen LogP contribution in [-0.2, 0) is 29.8 Å².